The van der Waals surface area contributed by atoms with E-state index < -0.39 is 0 Å². The van der Waals surface area contributed by atoms with Crippen LogP contribution in [0.3, 0.4) is 0 Å². The van der Waals surface area contributed by atoms with E-state index >= 15 is 0 Å². The predicted octanol–water partition coefficient (Wildman–Crippen LogP) is 4.81. The first kappa shape index (κ1) is 13.8. The van der Waals surface area contributed by atoms with E-state index in [9.17, 15) is 0 Å². The minimum Gasteiger partial charge on any atom is -0.496 e. The van der Waals surface area contributed by atoms with Gasteiger partial charge in [0.05, 0.1) is 12.7 Å². The molecule has 0 bridgehead atoms. The summed E-state index contributed by atoms with van der Waals surface area (Å²) in [5.74, 6) is 1.84. The molecule has 0 saturated carbocycles. The van der Waals surface area contributed by atoms with Gasteiger partial charge in [0.15, 0.2) is 5.76 Å². The molecule has 0 amide bonds. The Morgan fingerprint density at radius 3 is 2.65 bits per heavy atom. The van der Waals surface area contributed by atoms with Gasteiger partial charge in [-0.15, -0.1) is 10.2 Å². The van der Waals surface area contributed by atoms with Gasteiger partial charge in [0.1, 0.15) is 11.3 Å². The first-order valence-electron chi connectivity index (χ1n) is 6.91. The number of aromatic nitrogens is 2. The van der Waals surface area contributed by atoms with Crippen molar-refractivity contribution in [3.05, 3.63) is 53.6 Å². The van der Waals surface area contributed by atoms with Crippen LogP contribution in [0.4, 0.5) is 0 Å². The monoisotopic (exact) mass is 326 g/mol. The second-order valence-corrected chi connectivity index (χ2v) is 5.34. The highest BCUT2D eigenvalue weighted by Gasteiger charge is 2.17. The fourth-order valence-electron chi connectivity index (χ4n) is 2.37. The minimum absolute atomic E-state index is 0.304. The molecule has 0 radical (unpaired) electrons. The van der Waals surface area contributed by atoms with E-state index in [1.54, 1.807) is 19.2 Å². The van der Waals surface area contributed by atoms with Crippen LogP contribution in [0, 0.1) is 0 Å². The lowest BCUT2D eigenvalue weighted by Crippen LogP contribution is -1.87. The number of nitrogens with zero attached hydrogens (tertiary/aromatic N) is 2. The zero-order valence-corrected chi connectivity index (χ0v) is 12.9. The third kappa shape index (κ3) is 2.45. The molecule has 2 aromatic heterocycles. The molecule has 0 spiro atoms. The number of fused-ring (bicyclic) bond motifs is 1. The maximum atomic E-state index is 5.98. The molecule has 6 heteroatoms. The molecule has 0 unspecified atom stereocenters. The Labute approximate surface area is 136 Å². The minimum atomic E-state index is 0.304. The summed E-state index contributed by atoms with van der Waals surface area (Å²) >= 11 is 5.98. The van der Waals surface area contributed by atoms with Gasteiger partial charge >= 0.3 is 0 Å². The third-order valence-corrected chi connectivity index (χ3v) is 3.69. The molecule has 2 heterocycles. The Hall–Kier alpha value is -2.79. The largest absolute Gasteiger partial charge is 0.496 e. The Morgan fingerprint density at radius 2 is 1.78 bits per heavy atom. The average Bonchev–Trinajstić information content (AvgIpc) is 3.20. The molecule has 23 heavy (non-hydrogen) atoms. The molecule has 0 aliphatic heterocycles. The quantitative estimate of drug-likeness (QED) is 0.540. The van der Waals surface area contributed by atoms with Gasteiger partial charge in [-0.2, -0.15) is 0 Å². The lowest BCUT2D eigenvalue weighted by molar-refractivity contribution is 0.414. The number of ether oxygens (including phenoxy) is 1. The van der Waals surface area contributed by atoms with Crippen molar-refractivity contribution in [3.8, 4) is 28.9 Å². The van der Waals surface area contributed by atoms with Gasteiger partial charge in [-0.1, -0.05) is 23.7 Å². The van der Waals surface area contributed by atoms with Gasteiger partial charge in [-0.05, 0) is 36.4 Å². The number of methoxy groups -OCH3 is 1. The van der Waals surface area contributed by atoms with Crippen molar-refractivity contribution in [3.63, 3.8) is 0 Å². The Balaban J connectivity index is 1.77. The van der Waals surface area contributed by atoms with E-state index in [0.717, 1.165) is 10.9 Å². The van der Waals surface area contributed by atoms with Gasteiger partial charge in [0.25, 0.3) is 11.8 Å². The smallest absolute Gasteiger partial charge is 0.283 e. The van der Waals surface area contributed by atoms with Gasteiger partial charge in [-0.3, -0.25) is 0 Å². The molecule has 114 valence electrons. The summed E-state index contributed by atoms with van der Waals surface area (Å²) in [4.78, 5) is 0. The van der Waals surface area contributed by atoms with Gasteiger partial charge in [0.2, 0.25) is 0 Å². The number of para-hydroxylation sites is 1. The van der Waals surface area contributed by atoms with E-state index in [2.05, 4.69) is 10.2 Å². The fraction of sp³-hybridized carbons (Fsp3) is 0.0588. The van der Waals surface area contributed by atoms with Crippen LogP contribution in [-0.4, -0.2) is 17.3 Å². The summed E-state index contributed by atoms with van der Waals surface area (Å²) in [6.45, 7) is 0. The number of hydrogen-bond acceptors (Lipinski definition) is 5. The molecular weight excluding hydrogens is 316 g/mol. The summed E-state index contributed by atoms with van der Waals surface area (Å²) in [6, 6.07) is 14.7. The first-order valence-corrected chi connectivity index (χ1v) is 7.29. The highest BCUT2D eigenvalue weighted by atomic mass is 35.5. The highest BCUT2D eigenvalue weighted by molar-refractivity contribution is 6.31. The summed E-state index contributed by atoms with van der Waals surface area (Å²) in [7, 11) is 1.60. The lowest BCUT2D eigenvalue weighted by Gasteiger charge is -2.02. The van der Waals surface area contributed by atoms with E-state index in [1.165, 1.54) is 0 Å². The average molecular weight is 327 g/mol. The van der Waals surface area contributed by atoms with Crippen LogP contribution in [-0.2, 0) is 0 Å². The molecule has 0 aliphatic rings. The number of halogens is 1. The van der Waals surface area contributed by atoms with Crippen molar-refractivity contribution in [2.24, 2.45) is 0 Å². The first-order chi connectivity index (χ1) is 11.2. The standard InChI is InChI=1S/C17H11ClN2O3/c1-21-14-5-3-2-4-12(14)16-19-20-17(23-16)15-9-10-8-11(18)6-7-13(10)22-15/h2-9H,1H3. The Morgan fingerprint density at radius 1 is 0.957 bits per heavy atom. The van der Waals surface area contributed by atoms with Crippen molar-refractivity contribution in [1.82, 2.24) is 10.2 Å². The van der Waals surface area contributed by atoms with Crippen LogP contribution in [0.25, 0.3) is 34.1 Å². The van der Waals surface area contributed by atoms with E-state index in [0.29, 0.717) is 33.9 Å². The number of rotatable bonds is 3. The molecule has 4 aromatic rings. The number of furan rings is 1. The van der Waals surface area contributed by atoms with Crippen LogP contribution >= 0.6 is 11.6 Å². The molecule has 5 nitrogen and oxygen atoms in total. The summed E-state index contributed by atoms with van der Waals surface area (Å²) in [6.07, 6.45) is 0. The summed E-state index contributed by atoms with van der Waals surface area (Å²) < 4.78 is 16.8. The Kier molecular flexibility index (Phi) is 3.28. The lowest BCUT2D eigenvalue weighted by atomic mass is 10.2. The van der Waals surface area contributed by atoms with Crippen LogP contribution in [0.1, 0.15) is 0 Å². The van der Waals surface area contributed by atoms with Crippen LogP contribution < -0.4 is 4.74 Å². The maximum absolute atomic E-state index is 5.98. The maximum Gasteiger partial charge on any atom is 0.283 e. The van der Waals surface area contributed by atoms with Crippen molar-refractivity contribution in [2.75, 3.05) is 7.11 Å². The van der Waals surface area contributed by atoms with Crippen LogP contribution in [0.2, 0.25) is 5.02 Å². The van der Waals surface area contributed by atoms with E-state index in [1.807, 2.05) is 36.4 Å². The molecule has 0 fully saturated rings. The third-order valence-electron chi connectivity index (χ3n) is 3.45. The summed E-state index contributed by atoms with van der Waals surface area (Å²) in [5, 5.41) is 9.66. The second kappa shape index (κ2) is 5.44. The van der Waals surface area contributed by atoms with Crippen molar-refractivity contribution in [1.29, 1.82) is 0 Å². The fourth-order valence-corrected chi connectivity index (χ4v) is 2.55. The molecule has 0 atom stereocenters. The molecule has 0 saturated heterocycles. The predicted molar refractivity (Wildman–Crippen MR) is 86.5 cm³/mol. The van der Waals surface area contributed by atoms with E-state index in [4.69, 9.17) is 25.2 Å². The van der Waals surface area contributed by atoms with Crippen molar-refractivity contribution >= 4 is 22.6 Å². The molecule has 0 aliphatic carbocycles. The zero-order valence-electron chi connectivity index (χ0n) is 12.1. The molecule has 2 aromatic carbocycles. The highest BCUT2D eigenvalue weighted by Crippen LogP contribution is 2.33. The topological polar surface area (TPSA) is 61.3 Å². The van der Waals surface area contributed by atoms with Crippen LogP contribution in [0.5, 0.6) is 5.75 Å². The molecule has 4 rings (SSSR count). The second-order valence-electron chi connectivity index (χ2n) is 4.91. The van der Waals surface area contributed by atoms with Crippen molar-refractivity contribution in [2.45, 2.75) is 0 Å². The molecule has 0 N–H and O–H groups in total. The zero-order chi connectivity index (χ0) is 15.8. The SMILES string of the molecule is COc1ccccc1-c1nnc(-c2cc3cc(Cl)ccc3o2)o1. The van der Waals surface area contributed by atoms with Gasteiger partial charge < -0.3 is 13.6 Å². The van der Waals surface area contributed by atoms with E-state index in [-0.39, 0.29) is 0 Å². The van der Waals surface area contributed by atoms with Crippen LogP contribution in [0.15, 0.2) is 57.4 Å². The Bertz CT molecular complexity index is 990. The van der Waals surface area contributed by atoms with Gasteiger partial charge in [0, 0.05) is 10.4 Å². The normalized spacial score (nSPS) is 11.0. The summed E-state index contributed by atoms with van der Waals surface area (Å²) in [5.41, 5.74) is 1.44. The number of hydrogen-bond donors (Lipinski definition) is 0. The molecular formula is C17H11ClN2O3. The van der Waals surface area contributed by atoms with Gasteiger partial charge in [-0.25, -0.2) is 0 Å². The van der Waals surface area contributed by atoms with Crippen molar-refractivity contribution < 1.29 is 13.6 Å². The number of benzene rings is 2.